The van der Waals surface area contributed by atoms with Crippen LogP contribution in [0.3, 0.4) is 0 Å². The van der Waals surface area contributed by atoms with Crippen LogP contribution in [0, 0.1) is 16.0 Å². The minimum atomic E-state index is -0.505. The first-order valence-electron chi connectivity index (χ1n) is 10.7. The normalized spacial score (nSPS) is 14.3. The fourth-order valence-electron chi connectivity index (χ4n) is 3.94. The molecule has 0 unspecified atom stereocenters. The molecule has 3 aromatic rings. The number of benzene rings is 2. The molecule has 0 atom stereocenters. The lowest BCUT2D eigenvalue weighted by atomic mass is 9.98. The number of nitro groups is 1. The number of piperidine rings is 1. The Bertz CT molecular complexity index is 1180. The molecular weight excluding hydrogens is 446 g/mol. The summed E-state index contributed by atoms with van der Waals surface area (Å²) in [5.74, 6) is 1.09. The van der Waals surface area contributed by atoms with Gasteiger partial charge in [-0.3, -0.25) is 14.9 Å². The highest BCUT2D eigenvalue weighted by atomic mass is 35.5. The van der Waals surface area contributed by atoms with Crippen LogP contribution in [0.4, 0.5) is 17.1 Å². The summed E-state index contributed by atoms with van der Waals surface area (Å²) >= 11 is 6.41. The molecule has 4 rings (SSSR count). The highest BCUT2D eigenvalue weighted by Gasteiger charge is 2.24. The van der Waals surface area contributed by atoms with Crippen LogP contribution >= 0.6 is 11.6 Å². The van der Waals surface area contributed by atoms with E-state index in [1.165, 1.54) is 12.1 Å². The molecule has 8 nitrogen and oxygen atoms in total. The number of nitrogens with zero attached hydrogens (tertiary/aromatic N) is 2. The Morgan fingerprint density at radius 2 is 1.97 bits per heavy atom. The van der Waals surface area contributed by atoms with Crippen molar-refractivity contribution in [2.24, 2.45) is 5.92 Å². The summed E-state index contributed by atoms with van der Waals surface area (Å²) in [6.07, 6.45) is 2.00. The van der Waals surface area contributed by atoms with E-state index in [4.69, 9.17) is 16.0 Å². The molecule has 0 aliphatic carbocycles. The van der Waals surface area contributed by atoms with Gasteiger partial charge in [0.1, 0.15) is 18.1 Å². The topological polar surface area (TPSA) is 109 Å². The number of rotatable bonds is 6. The van der Waals surface area contributed by atoms with Crippen LogP contribution in [0.25, 0.3) is 11.3 Å². The van der Waals surface area contributed by atoms with Crippen molar-refractivity contribution in [1.82, 2.24) is 0 Å². The van der Waals surface area contributed by atoms with Crippen LogP contribution in [0.2, 0.25) is 5.02 Å². The molecule has 1 aliphatic heterocycles. The Labute approximate surface area is 195 Å². The third kappa shape index (κ3) is 5.02. The number of aliphatic hydroxyl groups excluding tert-OH is 1. The molecule has 9 heteroatoms. The van der Waals surface area contributed by atoms with Crippen LogP contribution in [0.5, 0.6) is 0 Å². The lowest BCUT2D eigenvalue weighted by Gasteiger charge is -2.33. The minimum absolute atomic E-state index is 0.139. The number of non-ortho nitro benzene ring substituents is 1. The minimum Gasteiger partial charge on any atom is -0.459 e. The van der Waals surface area contributed by atoms with Gasteiger partial charge in [0, 0.05) is 36.5 Å². The van der Waals surface area contributed by atoms with Gasteiger partial charge >= 0.3 is 0 Å². The van der Waals surface area contributed by atoms with E-state index in [0.717, 1.165) is 25.9 Å². The fourth-order valence-corrected chi connectivity index (χ4v) is 4.22. The summed E-state index contributed by atoms with van der Waals surface area (Å²) in [5, 5.41) is 23.7. The second kappa shape index (κ2) is 9.64. The van der Waals surface area contributed by atoms with Crippen molar-refractivity contribution in [3.05, 3.63) is 75.0 Å². The summed E-state index contributed by atoms with van der Waals surface area (Å²) in [4.78, 5) is 26.1. The average Bonchev–Trinajstić information content (AvgIpc) is 3.28. The molecule has 0 saturated carbocycles. The lowest BCUT2D eigenvalue weighted by Crippen LogP contribution is -2.34. The first-order chi connectivity index (χ1) is 15.9. The van der Waals surface area contributed by atoms with Crippen molar-refractivity contribution in [3.63, 3.8) is 0 Å². The third-order valence-electron chi connectivity index (χ3n) is 5.87. The van der Waals surface area contributed by atoms with Gasteiger partial charge in [0.2, 0.25) is 0 Å². The summed E-state index contributed by atoms with van der Waals surface area (Å²) < 4.78 is 5.52. The average molecular weight is 470 g/mol. The smallest absolute Gasteiger partial charge is 0.270 e. The van der Waals surface area contributed by atoms with Crippen LogP contribution < -0.4 is 10.2 Å². The molecule has 2 aromatic carbocycles. The quantitative estimate of drug-likeness (QED) is 0.365. The number of hydrogen-bond donors (Lipinski definition) is 2. The van der Waals surface area contributed by atoms with Gasteiger partial charge < -0.3 is 19.7 Å². The zero-order chi connectivity index (χ0) is 23.5. The van der Waals surface area contributed by atoms with E-state index in [-0.39, 0.29) is 17.9 Å². The van der Waals surface area contributed by atoms with Gasteiger partial charge in [-0.2, -0.15) is 0 Å². The fraction of sp³-hybridized carbons (Fsp3) is 0.292. The highest BCUT2D eigenvalue weighted by Crippen LogP contribution is 2.33. The van der Waals surface area contributed by atoms with E-state index < -0.39 is 10.8 Å². The van der Waals surface area contributed by atoms with E-state index in [1.807, 2.05) is 0 Å². The van der Waals surface area contributed by atoms with Crippen LogP contribution in [-0.4, -0.2) is 29.0 Å². The van der Waals surface area contributed by atoms with E-state index >= 15 is 0 Å². The Kier molecular flexibility index (Phi) is 6.67. The maximum absolute atomic E-state index is 13.2. The molecule has 2 heterocycles. The molecule has 33 heavy (non-hydrogen) atoms. The zero-order valence-corrected chi connectivity index (χ0v) is 18.8. The zero-order valence-electron chi connectivity index (χ0n) is 18.1. The Hall–Kier alpha value is -3.36. The Balaban J connectivity index is 1.60. The van der Waals surface area contributed by atoms with Crippen molar-refractivity contribution in [1.29, 1.82) is 0 Å². The van der Waals surface area contributed by atoms with E-state index in [2.05, 4.69) is 17.1 Å². The molecule has 0 bridgehead atoms. The molecule has 1 fully saturated rings. The predicted octanol–water partition coefficient (Wildman–Crippen LogP) is 5.49. The summed E-state index contributed by atoms with van der Waals surface area (Å²) in [7, 11) is 0. The van der Waals surface area contributed by atoms with E-state index in [9.17, 15) is 20.0 Å². The number of nitrogens with one attached hydrogen (secondary N) is 1. The first-order valence-corrected chi connectivity index (χ1v) is 11.1. The molecule has 1 aliphatic rings. The maximum atomic E-state index is 13.2. The van der Waals surface area contributed by atoms with Gasteiger partial charge in [-0.25, -0.2) is 0 Å². The number of amides is 1. The molecule has 0 spiro atoms. The van der Waals surface area contributed by atoms with E-state index in [0.29, 0.717) is 39.4 Å². The number of carbonyl (C=O) groups is 1. The van der Waals surface area contributed by atoms with Crippen molar-refractivity contribution < 1.29 is 19.2 Å². The standard InChI is InChI=1S/C24H24ClN3O5/c1-15-8-10-27(11-9-15)22-6-3-17(28(31)32)13-20(22)24(30)26-16-2-5-19(21(25)12-16)23-7-4-18(14-29)33-23/h2-7,12-13,15,29H,8-11,14H2,1H3,(H,26,30). The number of nitro benzene ring substituents is 1. The van der Waals surface area contributed by atoms with Crippen molar-refractivity contribution >= 4 is 34.6 Å². The Morgan fingerprint density at radius 3 is 2.61 bits per heavy atom. The Morgan fingerprint density at radius 1 is 1.21 bits per heavy atom. The van der Waals surface area contributed by atoms with Gasteiger partial charge in [-0.05, 0) is 55.2 Å². The number of aliphatic hydroxyl groups is 1. The number of anilines is 2. The van der Waals surface area contributed by atoms with Gasteiger partial charge in [-0.15, -0.1) is 0 Å². The SMILES string of the molecule is CC1CCN(c2ccc([N+](=O)[O-])cc2C(=O)Nc2ccc(-c3ccc(CO)o3)c(Cl)c2)CC1. The van der Waals surface area contributed by atoms with Crippen molar-refractivity contribution in [3.8, 4) is 11.3 Å². The molecule has 1 aromatic heterocycles. The highest BCUT2D eigenvalue weighted by molar-refractivity contribution is 6.33. The van der Waals surface area contributed by atoms with Crippen LogP contribution in [0.15, 0.2) is 52.9 Å². The van der Waals surface area contributed by atoms with Crippen LogP contribution in [0.1, 0.15) is 35.9 Å². The molecular formula is C24H24ClN3O5. The molecule has 0 radical (unpaired) electrons. The third-order valence-corrected chi connectivity index (χ3v) is 6.18. The maximum Gasteiger partial charge on any atom is 0.270 e. The summed E-state index contributed by atoms with van der Waals surface area (Å²) in [6.45, 7) is 3.56. The number of carbonyl (C=O) groups excluding carboxylic acids is 1. The van der Waals surface area contributed by atoms with Crippen molar-refractivity contribution in [2.75, 3.05) is 23.3 Å². The molecule has 172 valence electrons. The van der Waals surface area contributed by atoms with Crippen LogP contribution in [-0.2, 0) is 6.61 Å². The summed E-state index contributed by atoms with van der Waals surface area (Å²) in [5.41, 5.74) is 1.86. The number of furan rings is 1. The van der Waals surface area contributed by atoms with Gasteiger partial charge in [-0.1, -0.05) is 18.5 Å². The number of halogens is 1. The van der Waals surface area contributed by atoms with Gasteiger partial charge in [0.25, 0.3) is 11.6 Å². The second-order valence-electron chi connectivity index (χ2n) is 8.20. The molecule has 1 amide bonds. The first kappa shape index (κ1) is 22.8. The number of hydrogen-bond acceptors (Lipinski definition) is 6. The monoisotopic (exact) mass is 469 g/mol. The van der Waals surface area contributed by atoms with E-state index in [1.54, 1.807) is 36.4 Å². The predicted molar refractivity (Wildman–Crippen MR) is 127 cm³/mol. The lowest BCUT2D eigenvalue weighted by molar-refractivity contribution is -0.384. The molecule has 1 saturated heterocycles. The molecule has 2 N–H and O–H groups in total. The van der Waals surface area contributed by atoms with Gasteiger partial charge in [0.15, 0.2) is 0 Å². The second-order valence-corrected chi connectivity index (χ2v) is 8.61. The van der Waals surface area contributed by atoms with Crippen molar-refractivity contribution in [2.45, 2.75) is 26.4 Å². The van der Waals surface area contributed by atoms with Gasteiger partial charge in [0.05, 0.1) is 21.2 Å². The largest absolute Gasteiger partial charge is 0.459 e. The summed E-state index contributed by atoms with van der Waals surface area (Å²) in [6, 6.07) is 12.7.